The van der Waals surface area contributed by atoms with Crippen LogP contribution in [0.4, 0.5) is 5.82 Å². The van der Waals surface area contributed by atoms with Crippen molar-refractivity contribution in [3.8, 4) is 12.1 Å². The van der Waals surface area contributed by atoms with Crippen molar-refractivity contribution in [1.82, 2.24) is 45.3 Å². The number of nitrogens with zero attached hydrogens (tertiary/aromatic N) is 8. The smallest absolute Gasteiger partial charge is 0.157 e. The molecule has 13 nitrogen and oxygen atoms in total. The zero-order chi connectivity index (χ0) is 38.4. The predicted octanol–water partition coefficient (Wildman–Crippen LogP) is 6.11. The van der Waals surface area contributed by atoms with Gasteiger partial charge >= 0.3 is 0 Å². The van der Waals surface area contributed by atoms with Crippen LogP contribution in [0.3, 0.4) is 0 Å². The molecule has 2 saturated heterocycles. The number of carbonyl (C=O) groups excluding carboxylic acids is 1. The van der Waals surface area contributed by atoms with E-state index in [4.69, 9.17) is 33.4 Å². The fourth-order valence-electron chi connectivity index (χ4n) is 6.16. The van der Waals surface area contributed by atoms with E-state index < -0.39 is 0 Å². The highest BCUT2D eigenvalue weighted by molar-refractivity contribution is 6.33. The van der Waals surface area contributed by atoms with Crippen LogP contribution in [0.2, 0.25) is 10.3 Å². The number of para-hydroxylation sites is 4. The molecule has 2 aromatic carbocycles. The first-order chi connectivity index (χ1) is 27.0. The Morgan fingerprint density at radius 3 is 2.24 bits per heavy atom. The summed E-state index contributed by atoms with van der Waals surface area (Å²) in [4.78, 5) is 33.1. The Labute approximate surface area is 328 Å². The number of halogens is 2. The molecule has 0 unspecified atom stereocenters. The molecule has 0 saturated carbocycles. The number of aromatic nitrogens is 6. The van der Waals surface area contributed by atoms with E-state index in [1.165, 1.54) is 31.6 Å². The van der Waals surface area contributed by atoms with Crippen LogP contribution in [-0.2, 0) is 6.42 Å². The number of pyridine rings is 3. The monoisotopic (exact) mass is 774 g/mol. The van der Waals surface area contributed by atoms with E-state index in [-0.39, 0.29) is 10.3 Å². The number of aromatic amines is 1. The molecule has 4 N–H and O–H groups in total. The normalized spacial score (nSPS) is 14.2. The van der Waals surface area contributed by atoms with Gasteiger partial charge in [0.25, 0.3) is 0 Å². The van der Waals surface area contributed by atoms with Gasteiger partial charge in [0.15, 0.2) is 11.9 Å². The molecular formula is C40H40Cl2N12O. The summed E-state index contributed by atoms with van der Waals surface area (Å²) in [5.41, 5.74) is 6.21. The van der Waals surface area contributed by atoms with Gasteiger partial charge in [-0.15, -0.1) is 0 Å². The lowest BCUT2D eigenvalue weighted by molar-refractivity contribution is 0.112. The number of hydrogen-bond acceptors (Lipinski definition) is 11. The third kappa shape index (κ3) is 10.1. The number of imidazole rings is 2. The topological polar surface area (TPSA) is 176 Å². The summed E-state index contributed by atoms with van der Waals surface area (Å²) in [5, 5.41) is 29.4. The van der Waals surface area contributed by atoms with Crippen molar-refractivity contribution in [2.24, 2.45) is 0 Å². The Hall–Kier alpha value is -5.67. The fraction of sp³-hybridized carbons (Fsp3) is 0.275. The van der Waals surface area contributed by atoms with Crippen LogP contribution in [0.5, 0.6) is 0 Å². The molecular weight excluding hydrogens is 735 g/mol. The average Bonchev–Trinajstić information content (AvgIpc) is 3.50. The number of anilines is 1. The van der Waals surface area contributed by atoms with E-state index in [0.717, 1.165) is 90.4 Å². The standard InChI is InChI=1S/C20H18N6.C9H7N3.C6H3Cl2NO.C5H12N2/c21-13-15-12-14-6-7-18(25-10-3-8-22-9-11-25)24-19(14)26-17-5-2-1-4-16(17)23-20(15)26;10-6-5-9-11-7-3-1-2-4-8(7)12-9;7-5-2-1-4(3-10)6(8)9-5;1-2-6-4-5-7-3-1/h1-2,4-7,12,22H,3,8-11H2;1-4H,5H2,(H,11,12);1-3H;6-7H,1-5H2. The number of carbonyl (C=O) groups is 1. The molecule has 0 bridgehead atoms. The SMILES string of the molecule is C1CNCCNC1.N#CCc1nc2ccccc2[nH]1.N#Cc1cc2ccc(N3CCCNCC3)nc2n2c1nc1ccccc12.O=Cc1ccc(Cl)nc1Cl. The minimum Gasteiger partial charge on any atom is -0.355 e. The minimum atomic E-state index is 0.141. The number of hydrogen-bond donors (Lipinski definition) is 4. The highest BCUT2D eigenvalue weighted by atomic mass is 35.5. The molecule has 0 amide bonds. The fourth-order valence-corrected chi connectivity index (χ4v) is 6.54. The van der Waals surface area contributed by atoms with E-state index >= 15 is 0 Å². The lowest BCUT2D eigenvalue weighted by atomic mass is 10.2. The summed E-state index contributed by atoms with van der Waals surface area (Å²) in [7, 11) is 0. The highest BCUT2D eigenvalue weighted by Gasteiger charge is 2.16. The first-order valence-corrected chi connectivity index (χ1v) is 18.8. The van der Waals surface area contributed by atoms with Crippen molar-refractivity contribution in [1.29, 1.82) is 10.5 Å². The number of rotatable bonds is 3. The van der Waals surface area contributed by atoms with Crippen LogP contribution in [0.1, 0.15) is 34.6 Å². The number of fused-ring (bicyclic) bond motifs is 6. The van der Waals surface area contributed by atoms with E-state index in [0.29, 0.717) is 29.5 Å². The number of nitrogens with one attached hydrogen (secondary N) is 4. The predicted molar refractivity (Wildman–Crippen MR) is 218 cm³/mol. The zero-order valence-corrected chi connectivity index (χ0v) is 31.6. The van der Waals surface area contributed by atoms with Crippen LogP contribution < -0.4 is 20.9 Å². The van der Waals surface area contributed by atoms with Gasteiger partial charge < -0.3 is 25.8 Å². The minimum absolute atomic E-state index is 0.141. The Morgan fingerprint density at radius 2 is 1.49 bits per heavy atom. The van der Waals surface area contributed by atoms with Gasteiger partial charge in [0.2, 0.25) is 0 Å². The van der Waals surface area contributed by atoms with Gasteiger partial charge in [-0.05, 0) is 87.1 Å². The molecule has 15 heteroatoms. The van der Waals surface area contributed by atoms with Crippen LogP contribution in [0.15, 0.2) is 78.9 Å². The van der Waals surface area contributed by atoms with Crippen molar-refractivity contribution in [2.75, 3.05) is 57.3 Å². The lowest BCUT2D eigenvalue weighted by Gasteiger charge is -2.21. The maximum absolute atomic E-state index is 10.2. The summed E-state index contributed by atoms with van der Waals surface area (Å²) in [6.45, 7) is 8.61. The molecule has 9 rings (SSSR count). The van der Waals surface area contributed by atoms with Gasteiger partial charge in [0.05, 0.1) is 45.7 Å². The summed E-state index contributed by atoms with van der Waals surface area (Å²) < 4.78 is 2.02. The van der Waals surface area contributed by atoms with Gasteiger partial charge in [0.1, 0.15) is 33.7 Å². The Morgan fingerprint density at radius 1 is 0.745 bits per heavy atom. The molecule has 0 radical (unpaired) electrons. The third-order valence-electron chi connectivity index (χ3n) is 8.83. The van der Waals surface area contributed by atoms with E-state index in [1.807, 2.05) is 59.0 Å². The van der Waals surface area contributed by atoms with Crippen molar-refractivity contribution in [3.63, 3.8) is 0 Å². The van der Waals surface area contributed by atoms with Crippen LogP contribution >= 0.6 is 23.2 Å². The zero-order valence-electron chi connectivity index (χ0n) is 30.1. The Bertz CT molecular complexity index is 2410. The van der Waals surface area contributed by atoms with Gasteiger partial charge in [-0.3, -0.25) is 9.20 Å². The largest absolute Gasteiger partial charge is 0.355 e. The summed E-state index contributed by atoms with van der Waals surface area (Å²) in [6, 6.07) is 29.1. The molecule has 2 aliphatic rings. The molecule has 2 aliphatic heterocycles. The van der Waals surface area contributed by atoms with E-state index in [9.17, 15) is 10.1 Å². The number of aldehydes is 1. The molecule has 0 aliphatic carbocycles. The Balaban J connectivity index is 0.000000146. The quantitative estimate of drug-likeness (QED) is 0.120. The number of nitriles is 2. The second kappa shape index (κ2) is 19.6. The molecule has 55 heavy (non-hydrogen) atoms. The van der Waals surface area contributed by atoms with Crippen molar-refractivity contribution >= 4 is 74.1 Å². The van der Waals surface area contributed by atoms with Crippen molar-refractivity contribution in [3.05, 3.63) is 106 Å². The summed E-state index contributed by atoms with van der Waals surface area (Å²) in [5.74, 6) is 1.71. The maximum Gasteiger partial charge on any atom is 0.157 e. The second-order valence-corrected chi connectivity index (χ2v) is 13.4. The molecule has 2 fully saturated rings. The van der Waals surface area contributed by atoms with E-state index in [2.05, 4.69) is 65.1 Å². The summed E-state index contributed by atoms with van der Waals surface area (Å²) >= 11 is 11.0. The van der Waals surface area contributed by atoms with Gasteiger partial charge in [0, 0.05) is 38.1 Å². The average molecular weight is 776 g/mol. The molecule has 7 heterocycles. The maximum atomic E-state index is 10.2. The Kier molecular flexibility index (Phi) is 13.9. The van der Waals surface area contributed by atoms with E-state index in [1.54, 1.807) is 0 Å². The molecule has 0 spiro atoms. The van der Waals surface area contributed by atoms with Crippen molar-refractivity contribution < 1.29 is 4.79 Å². The van der Waals surface area contributed by atoms with Crippen LogP contribution in [-0.4, -0.2) is 88.0 Å². The van der Waals surface area contributed by atoms with Crippen LogP contribution in [0, 0.1) is 22.7 Å². The van der Waals surface area contributed by atoms with Gasteiger partial charge in [-0.25, -0.2) is 19.9 Å². The molecule has 0 atom stereocenters. The summed E-state index contributed by atoms with van der Waals surface area (Å²) in [6.07, 6.45) is 3.36. The first-order valence-electron chi connectivity index (χ1n) is 18.0. The first kappa shape index (κ1) is 39.0. The van der Waals surface area contributed by atoms with Gasteiger partial charge in [-0.1, -0.05) is 47.5 Å². The second-order valence-electron chi connectivity index (χ2n) is 12.6. The van der Waals surface area contributed by atoms with Crippen molar-refractivity contribution in [2.45, 2.75) is 19.3 Å². The highest BCUT2D eigenvalue weighted by Crippen LogP contribution is 2.27. The lowest BCUT2D eigenvalue weighted by Crippen LogP contribution is -2.28. The number of H-pyrrole nitrogens is 1. The van der Waals surface area contributed by atoms with Crippen LogP contribution in [0.25, 0.3) is 38.7 Å². The molecule has 5 aromatic heterocycles. The molecule has 7 aromatic rings. The van der Waals surface area contributed by atoms with Gasteiger partial charge in [-0.2, -0.15) is 10.5 Å². The number of benzene rings is 2. The molecule has 280 valence electrons. The third-order valence-corrected chi connectivity index (χ3v) is 9.34.